The van der Waals surface area contributed by atoms with E-state index in [-0.39, 0.29) is 0 Å². The third kappa shape index (κ3) is 2.80. The maximum Gasteiger partial charge on any atom is 0.0594 e. The number of hydrogen-bond acceptors (Lipinski definition) is 2. The average molecular weight is 270 g/mol. The maximum absolute atomic E-state index is 5.36. The van der Waals surface area contributed by atoms with E-state index >= 15 is 0 Å². The summed E-state index contributed by atoms with van der Waals surface area (Å²) in [7, 11) is 0. The van der Waals surface area contributed by atoms with E-state index in [0.717, 1.165) is 30.8 Å². The van der Waals surface area contributed by atoms with Crippen LogP contribution >= 0.6 is 15.9 Å². The molecule has 1 unspecified atom stereocenters. The van der Waals surface area contributed by atoms with Crippen LogP contribution in [0.15, 0.2) is 28.7 Å². The second-order valence-corrected chi connectivity index (χ2v) is 4.79. The Morgan fingerprint density at radius 2 is 1.80 bits per heavy atom. The minimum atomic E-state index is 0.488. The summed E-state index contributed by atoms with van der Waals surface area (Å²) in [5, 5.41) is 0. The van der Waals surface area contributed by atoms with Crippen molar-refractivity contribution in [2.45, 2.75) is 13.0 Å². The van der Waals surface area contributed by atoms with Gasteiger partial charge < -0.3 is 4.74 Å². The molecule has 0 radical (unpaired) electrons. The quantitative estimate of drug-likeness (QED) is 0.819. The largest absolute Gasteiger partial charge is 0.379 e. The molecule has 1 atom stereocenters. The summed E-state index contributed by atoms with van der Waals surface area (Å²) in [6.07, 6.45) is 0. The van der Waals surface area contributed by atoms with Gasteiger partial charge in [0.25, 0.3) is 0 Å². The van der Waals surface area contributed by atoms with E-state index in [0.29, 0.717) is 6.04 Å². The molecule has 1 aromatic carbocycles. The topological polar surface area (TPSA) is 12.5 Å². The molecule has 0 N–H and O–H groups in total. The highest BCUT2D eigenvalue weighted by atomic mass is 79.9. The van der Waals surface area contributed by atoms with Gasteiger partial charge in [0.1, 0.15) is 0 Å². The Kier molecular flexibility index (Phi) is 3.78. The average Bonchev–Trinajstić information content (AvgIpc) is 2.30. The minimum absolute atomic E-state index is 0.488. The monoisotopic (exact) mass is 269 g/mol. The van der Waals surface area contributed by atoms with E-state index in [1.165, 1.54) is 5.56 Å². The van der Waals surface area contributed by atoms with Gasteiger partial charge in [0, 0.05) is 23.6 Å². The Balaban J connectivity index is 2.05. The Labute approximate surface area is 99.4 Å². The molecule has 1 saturated heterocycles. The molecule has 1 aromatic rings. The van der Waals surface area contributed by atoms with Gasteiger partial charge in [-0.1, -0.05) is 28.1 Å². The van der Waals surface area contributed by atoms with Gasteiger partial charge in [-0.2, -0.15) is 0 Å². The van der Waals surface area contributed by atoms with Gasteiger partial charge in [-0.25, -0.2) is 0 Å². The van der Waals surface area contributed by atoms with Gasteiger partial charge in [-0.3, -0.25) is 4.90 Å². The molecule has 2 rings (SSSR count). The van der Waals surface area contributed by atoms with Crippen molar-refractivity contribution in [3.8, 4) is 0 Å². The van der Waals surface area contributed by atoms with Crippen molar-refractivity contribution in [1.29, 1.82) is 0 Å². The fourth-order valence-electron chi connectivity index (χ4n) is 1.92. The summed E-state index contributed by atoms with van der Waals surface area (Å²) < 4.78 is 6.49. The standard InChI is InChI=1S/C12H16BrNO/c1-10(14-6-8-15-9-7-14)11-2-4-12(13)5-3-11/h2-5,10H,6-9H2,1H3. The third-order valence-electron chi connectivity index (χ3n) is 2.95. The van der Waals surface area contributed by atoms with Crippen molar-refractivity contribution in [2.75, 3.05) is 26.3 Å². The van der Waals surface area contributed by atoms with Crippen molar-refractivity contribution >= 4 is 15.9 Å². The maximum atomic E-state index is 5.36. The predicted octanol–water partition coefficient (Wildman–Crippen LogP) is 2.84. The van der Waals surface area contributed by atoms with Crippen LogP contribution in [0.2, 0.25) is 0 Å². The molecule has 82 valence electrons. The lowest BCUT2D eigenvalue weighted by atomic mass is 10.1. The number of benzene rings is 1. The van der Waals surface area contributed by atoms with Crippen molar-refractivity contribution in [2.24, 2.45) is 0 Å². The molecule has 3 heteroatoms. The number of ether oxygens (including phenoxy) is 1. The normalized spacial score (nSPS) is 20.1. The molecule has 1 aliphatic rings. The lowest BCUT2D eigenvalue weighted by Gasteiger charge is -2.32. The number of morpholine rings is 1. The van der Waals surface area contributed by atoms with E-state index in [1.54, 1.807) is 0 Å². The van der Waals surface area contributed by atoms with E-state index < -0.39 is 0 Å². The van der Waals surface area contributed by atoms with Crippen LogP contribution in [0.4, 0.5) is 0 Å². The summed E-state index contributed by atoms with van der Waals surface area (Å²) >= 11 is 3.46. The van der Waals surface area contributed by atoms with Crippen molar-refractivity contribution in [3.63, 3.8) is 0 Å². The summed E-state index contributed by atoms with van der Waals surface area (Å²) in [5.41, 5.74) is 1.38. The van der Waals surface area contributed by atoms with Crippen LogP contribution < -0.4 is 0 Å². The molecule has 0 saturated carbocycles. The SMILES string of the molecule is CC(c1ccc(Br)cc1)N1CCOCC1. The Hall–Kier alpha value is -0.380. The summed E-state index contributed by atoms with van der Waals surface area (Å²) in [6.45, 7) is 6.06. The number of rotatable bonds is 2. The zero-order valence-electron chi connectivity index (χ0n) is 8.95. The lowest BCUT2D eigenvalue weighted by Crippen LogP contribution is -2.37. The van der Waals surface area contributed by atoms with Gasteiger partial charge in [-0.05, 0) is 24.6 Å². The summed E-state index contributed by atoms with van der Waals surface area (Å²) in [4.78, 5) is 2.47. The van der Waals surface area contributed by atoms with E-state index in [9.17, 15) is 0 Å². The molecule has 15 heavy (non-hydrogen) atoms. The molecule has 0 spiro atoms. The van der Waals surface area contributed by atoms with E-state index in [4.69, 9.17) is 4.74 Å². The molecule has 0 aliphatic carbocycles. The Morgan fingerprint density at radius 3 is 2.40 bits per heavy atom. The first-order chi connectivity index (χ1) is 7.27. The second-order valence-electron chi connectivity index (χ2n) is 3.88. The summed E-state index contributed by atoms with van der Waals surface area (Å²) in [6, 6.07) is 9.06. The molecular weight excluding hydrogens is 254 g/mol. The van der Waals surface area contributed by atoms with Gasteiger partial charge >= 0.3 is 0 Å². The molecule has 1 aliphatic heterocycles. The number of hydrogen-bond donors (Lipinski definition) is 0. The zero-order chi connectivity index (χ0) is 10.7. The van der Waals surface area contributed by atoms with E-state index in [1.807, 2.05) is 0 Å². The number of halogens is 1. The van der Waals surface area contributed by atoms with Gasteiger partial charge in [0.05, 0.1) is 13.2 Å². The van der Waals surface area contributed by atoms with Gasteiger partial charge in [-0.15, -0.1) is 0 Å². The first-order valence-electron chi connectivity index (χ1n) is 5.34. The smallest absolute Gasteiger partial charge is 0.0594 e. The highest BCUT2D eigenvalue weighted by Gasteiger charge is 2.17. The van der Waals surface area contributed by atoms with Crippen molar-refractivity contribution in [3.05, 3.63) is 34.3 Å². The first-order valence-corrected chi connectivity index (χ1v) is 6.14. The Morgan fingerprint density at radius 1 is 1.20 bits per heavy atom. The van der Waals surface area contributed by atoms with Crippen LogP contribution in [0.25, 0.3) is 0 Å². The highest BCUT2D eigenvalue weighted by Crippen LogP contribution is 2.22. The molecule has 0 bridgehead atoms. The second kappa shape index (κ2) is 5.10. The lowest BCUT2D eigenvalue weighted by molar-refractivity contribution is 0.0198. The molecule has 0 amide bonds. The first kappa shape index (κ1) is 11.1. The van der Waals surface area contributed by atoms with Crippen molar-refractivity contribution < 1.29 is 4.74 Å². The zero-order valence-corrected chi connectivity index (χ0v) is 10.5. The van der Waals surface area contributed by atoms with Crippen LogP contribution in [-0.2, 0) is 4.74 Å². The Bertz CT molecular complexity index is 306. The molecule has 1 heterocycles. The van der Waals surface area contributed by atoms with Gasteiger partial charge in [0.15, 0.2) is 0 Å². The van der Waals surface area contributed by atoms with Crippen LogP contribution in [0.1, 0.15) is 18.5 Å². The molecular formula is C12H16BrNO. The fraction of sp³-hybridized carbons (Fsp3) is 0.500. The van der Waals surface area contributed by atoms with Crippen LogP contribution in [0, 0.1) is 0 Å². The predicted molar refractivity (Wildman–Crippen MR) is 64.9 cm³/mol. The fourth-order valence-corrected chi connectivity index (χ4v) is 2.18. The van der Waals surface area contributed by atoms with Gasteiger partial charge in [0.2, 0.25) is 0 Å². The third-order valence-corrected chi connectivity index (χ3v) is 3.47. The van der Waals surface area contributed by atoms with E-state index in [2.05, 4.69) is 52.0 Å². The highest BCUT2D eigenvalue weighted by molar-refractivity contribution is 9.10. The summed E-state index contributed by atoms with van der Waals surface area (Å²) in [5.74, 6) is 0. The van der Waals surface area contributed by atoms with Crippen LogP contribution in [-0.4, -0.2) is 31.2 Å². The molecule has 1 fully saturated rings. The number of nitrogens with zero attached hydrogens (tertiary/aromatic N) is 1. The van der Waals surface area contributed by atoms with Crippen LogP contribution in [0.5, 0.6) is 0 Å². The van der Waals surface area contributed by atoms with Crippen LogP contribution in [0.3, 0.4) is 0 Å². The molecule has 2 nitrogen and oxygen atoms in total. The molecule has 0 aromatic heterocycles. The van der Waals surface area contributed by atoms with Crippen molar-refractivity contribution in [1.82, 2.24) is 4.90 Å². The minimum Gasteiger partial charge on any atom is -0.379 e.